The highest BCUT2D eigenvalue weighted by atomic mass is 35.5. The van der Waals surface area contributed by atoms with E-state index in [9.17, 15) is 18.5 Å². The number of ether oxygens (including phenoxy) is 1. The first-order valence-corrected chi connectivity index (χ1v) is 14.9. The smallest absolute Gasteiger partial charge is 0.251 e. The Hall–Kier alpha value is -2.93. The molecule has 2 aromatic rings. The summed E-state index contributed by atoms with van der Waals surface area (Å²) in [5, 5.41) is 19.6. The summed E-state index contributed by atoms with van der Waals surface area (Å²) in [6.45, 7) is 1.55. The number of carbonyl (C=O) groups excluding carboxylic acids is 1. The van der Waals surface area contributed by atoms with E-state index in [2.05, 4.69) is 16.4 Å². The molecule has 0 bridgehead atoms. The number of nitriles is 1. The number of halogens is 1. The Balaban J connectivity index is 1.45. The van der Waals surface area contributed by atoms with Crippen molar-refractivity contribution in [2.75, 3.05) is 36.8 Å². The molecular formula is C27H29ClN4O4S. The fourth-order valence-electron chi connectivity index (χ4n) is 5.66. The van der Waals surface area contributed by atoms with Crippen molar-refractivity contribution in [1.29, 1.82) is 5.26 Å². The number of nitrogens with zero attached hydrogens (tertiary/aromatic N) is 3. The molecule has 194 valence electrons. The summed E-state index contributed by atoms with van der Waals surface area (Å²) < 4.78 is 28.4. The Morgan fingerprint density at radius 1 is 1.22 bits per heavy atom. The summed E-state index contributed by atoms with van der Waals surface area (Å²) in [5.41, 5.74) is 4.94. The molecule has 3 aliphatic rings. The number of nitrogens with one attached hydrogen (secondary N) is 1. The Morgan fingerprint density at radius 2 is 2.00 bits per heavy atom. The summed E-state index contributed by atoms with van der Waals surface area (Å²) in [6.07, 6.45) is 4.81. The Bertz CT molecular complexity index is 1400. The van der Waals surface area contributed by atoms with E-state index in [0.29, 0.717) is 22.1 Å². The van der Waals surface area contributed by atoms with Crippen LogP contribution in [0.3, 0.4) is 0 Å². The lowest BCUT2D eigenvalue weighted by molar-refractivity contribution is 0.0543. The second-order valence-electron chi connectivity index (χ2n) is 9.95. The van der Waals surface area contributed by atoms with Gasteiger partial charge in [-0.25, -0.2) is 8.42 Å². The number of hydrogen-bond acceptors (Lipinski definition) is 7. The minimum atomic E-state index is -3.14. The fraction of sp³-hybridized carbons (Fsp3) is 0.444. The zero-order valence-electron chi connectivity index (χ0n) is 20.6. The van der Waals surface area contributed by atoms with Crippen LogP contribution in [-0.4, -0.2) is 57.8 Å². The topological polar surface area (TPSA) is 112 Å². The van der Waals surface area contributed by atoms with Gasteiger partial charge in [0.1, 0.15) is 15.9 Å². The van der Waals surface area contributed by atoms with Gasteiger partial charge in [-0.15, -0.1) is 0 Å². The number of carbonyl (C=O) groups is 1. The quantitative estimate of drug-likeness (QED) is 0.599. The number of anilines is 1. The van der Waals surface area contributed by atoms with Crippen molar-refractivity contribution in [3.8, 4) is 6.07 Å². The van der Waals surface area contributed by atoms with E-state index in [4.69, 9.17) is 21.4 Å². The summed E-state index contributed by atoms with van der Waals surface area (Å²) >= 11 is 6.39. The van der Waals surface area contributed by atoms with E-state index in [1.807, 2.05) is 24.3 Å². The fourth-order valence-corrected chi connectivity index (χ4v) is 6.35. The number of rotatable bonds is 6. The van der Waals surface area contributed by atoms with Crippen molar-refractivity contribution in [1.82, 2.24) is 5.32 Å². The van der Waals surface area contributed by atoms with Crippen molar-refractivity contribution in [3.05, 3.63) is 63.7 Å². The van der Waals surface area contributed by atoms with Crippen molar-refractivity contribution in [2.24, 2.45) is 16.9 Å². The minimum absolute atomic E-state index is 0.0818. The zero-order chi connectivity index (χ0) is 26.2. The number of sulfone groups is 1. The molecule has 0 spiro atoms. The van der Waals surface area contributed by atoms with Crippen molar-refractivity contribution < 1.29 is 17.9 Å². The lowest BCUT2D eigenvalue weighted by atomic mass is 9.73. The van der Waals surface area contributed by atoms with Crippen molar-refractivity contribution in [2.45, 2.75) is 31.7 Å². The van der Waals surface area contributed by atoms with Crippen LogP contribution in [-0.2, 0) is 21.0 Å². The highest BCUT2D eigenvalue weighted by molar-refractivity contribution is 7.90. The van der Waals surface area contributed by atoms with Crippen LogP contribution in [0.4, 0.5) is 5.69 Å². The normalized spacial score (nSPS) is 21.5. The first kappa shape index (κ1) is 25.7. The third-order valence-corrected chi connectivity index (χ3v) is 8.73. The molecule has 10 heteroatoms. The van der Waals surface area contributed by atoms with Gasteiger partial charge in [-0.2, -0.15) is 10.4 Å². The van der Waals surface area contributed by atoms with Crippen molar-refractivity contribution in [3.63, 3.8) is 0 Å². The first-order valence-electron chi connectivity index (χ1n) is 12.5. The summed E-state index contributed by atoms with van der Waals surface area (Å²) in [7, 11) is -3.14. The molecule has 2 aliphatic heterocycles. The van der Waals surface area contributed by atoms with Gasteiger partial charge in [-0.05, 0) is 67.5 Å². The maximum absolute atomic E-state index is 12.6. The number of amides is 1. The van der Waals surface area contributed by atoms with Gasteiger partial charge >= 0.3 is 0 Å². The van der Waals surface area contributed by atoms with Gasteiger partial charge in [0, 0.05) is 43.1 Å². The monoisotopic (exact) mass is 540 g/mol. The standard InChI is InChI=1S/C27H29ClN4O4S/c1-37(34,35)13-10-30-27(33)19-4-6-22-18(14-19)3-7-23-25(22)31-32(26(23)17-8-11-36-12-9-17)21-5-2-20(16-29)24(28)15-21/h2,4-6,14-15,17,23,26H,3,7-13H2,1H3,(H,30,33)/t23-,26-/m0/s1. The Labute approximate surface area is 222 Å². The molecule has 2 atom stereocenters. The van der Waals surface area contributed by atoms with E-state index in [1.165, 1.54) is 0 Å². The second-order valence-corrected chi connectivity index (χ2v) is 12.6. The zero-order valence-corrected chi connectivity index (χ0v) is 22.2. The summed E-state index contributed by atoms with van der Waals surface area (Å²) in [5.74, 6) is 0.275. The molecule has 37 heavy (non-hydrogen) atoms. The van der Waals surface area contributed by atoms with E-state index in [-0.39, 0.29) is 30.2 Å². The maximum atomic E-state index is 12.6. The second kappa shape index (κ2) is 10.4. The molecule has 0 radical (unpaired) electrons. The van der Waals surface area contributed by atoms with Gasteiger partial charge < -0.3 is 10.1 Å². The third kappa shape index (κ3) is 5.37. The molecule has 0 aromatic heterocycles. The molecule has 0 saturated carbocycles. The number of fused-ring (bicyclic) bond motifs is 3. The molecule has 1 saturated heterocycles. The van der Waals surface area contributed by atoms with Crippen LogP contribution in [0.15, 0.2) is 41.5 Å². The van der Waals surface area contributed by atoms with E-state index in [0.717, 1.165) is 67.7 Å². The van der Waals surface area contributed by atoms with Crippen LogP contribution in [0.1, 0.15) is 46.3 Å². The number of hydrazone groups is 1. The highest BCUT2D eigenvalue weighted by Crippen LogP contribution is 2.43. The minimum Gasteiger partial charge on any atom is -0.381 e. The number of hydrogen-bond donors (Lipinski definition) is 1. The van der Waals surface area contributed by atoms with Crippen molar-refractivity contribution >= 4 is 38.7 Å². The first-order chi connectivity index (χ1) is 17.7. The van der Waals surface area contributed by atoms with Crippen LogP contribution in [0.2, 0.25) is 5.02 Å². The molecule has 2 aromatic carbocycles. The van der Waals surface area contributed by atoms with Crippen LogP contribution in [0.5, 0.6) is 0 Å². The SMILES string of the molecule is CS(=O)(=O)CCNC(=O)c1ccc2c(c1)CC[C@H]1C2=NN(c2ccc(C#N)c(Cl)c2)[C@H]1C1CCOCC1. The molecule has 0 unspecified atom stereocenters. The average Bonchev–Trinajstić information content (AvgIpc) is 3.28. The highest BCUT2D eigenvalue weighted by Gasteiger charge is 2.45. The predicted molar refractivity (Wildman–Crippen MR) is 143 cm³/mol. The van der Waals surface area contributed by atoms with Crippen LogP contribution in [0, 0.1) is 23.2 Å². The molecule has 1 amide bonds. The van der Waals surface area contributed by atoms with E-state index in [1.54, 1.807) is 12.1 Å². The summed E-state index contributed by atoms with van der Waals surface area (Å²) in [6, 6.07) is 13.4. The van der Waals surface area contributed by atoms with Crippen LogP contribution >= 0.6 is 11.6 Å². The van der Waals surface area contributed by atoms with Crippen LogP contribution < -0.4 is 10.3 Å². The van der Waals surface area contributed by atoms with Gasteiger partial charge in [0.05, 0.1) is 33.8 Å². The largest absolute Gasteiger partial charge is 0.381 e. The van der Waals surface area contributed by atoms with Gasteiger partial charge in [-0.1, -0.05) is 17.7 Å². The molecule has 1 fully saturated rings. The predicted octanol–water partition coefficient (Wildman–Crippen LogP) is 3.57. The van der Waals surface area contributed by atoms with E-state index >= 15 is 0 Å². The lowest BCUT2D eigenvalue weighted by Gasteiger charge is -2.37. The Kier molecular flexibility index (Phi) is 7.26. The number of aryl methyl sites for hydroxylation is 1. The molecule has 1 aliphatic carbocycles. The lowest BCUT2D eigenvalue weighted by Crippen LogP contribution is -2.43. The average molecular weight is 541 g/mol. The molecule has 8 nitrogen and oxygen atoms in total. The van der Waals surface area contributed by atoms with E-state index < -0.39 is 9.84 Å². The van der Waals surface area contributed by atoms with Gasteiger partial charge in [-0.3, -0.25) is 9.80 Å². The van der Waals surface area contributed by atoms with Gasteiger partial charge in [0.2, 0.25) is 0 Å². The Morgan fingerprint density at radius 3 is 2.70 bits per heavy atom. The molecule has 2 heterocycles. The molecular weight excluding hydrogens is 512 g/mol. The van der Waals surface area contributed by atoms with Gasteiger partial charge in [0.25, 0.3) is 5.91 Å². The maximum Gasteiger partial charge on any atom is 0.251 e. The molecule has 1 N–H and O–H groups in total. The number of benzene rings is 2. The van der Waals surface area contributed by atoms with Crippen LogP contribution in [0.25, 0.3) is 0 Å². The molecule has 5 rings (SSSR count). The van der Waals surface area contributed by atoms with Gasteiger partial charge in [0.15, 0.2) is 0 Å². The summed E-state index contributed by atoms with van der Waals surface area (Å²) in [4.78, 5) is 12.6. The third-order valence-electron chi connectivity index (χ3n) is 7.47.